The molecule has 2 fully saturated rings. The fourth-order valence-electron chi connectivity index (χ4n) is 6.37. The SMILES string of the molecule is CN1CCC(n2cc(Nc3ncc4c(n3)N(c3cccc(C(C)(C)O)n3)[C@]3(N)CC(C)(C)OC[C@]43C)cn2)CC1. The molecule has 0 spiro atoms. The summed E-state index contributed by atoms with van der Waals surface area (Å²) in [5.74, 6) is 1.77. The average Bonchev–Trinajstić information content (AvgIpc) is 3.42. The summed E-state index contributed by atoms with van der Waals surface area (Å²) in [6, 6.07) is 6.03. The van der Waals surface area contributed by atoms with Gasteiger partial charge in [0.1, 0.15) is 22.9 Å². The highest BCUT2D eigenvalue weighted by atomic mass is 16.5. The zero-order valence-corrected chi connectivity index (χ0v) is 24.3. The number of anilines is 4. The minimum absolute atomic E-state index is 0.390. The lowest BCUT2D eigenvalue weighted by atomic mass is 9.69. The molecule has 0 unspecified atom stereocenters. The molecule has 3 aliphatic heterocycles. The second-order valence-electron chi connectivity index (χ2n) is 13.1. The smallest absolute Gasteiger partial charge is 0.229 e. The van der Waals surface area contributed by atoms with Crippen LogP contribution in [0.4, 0.5) is 23.3 Å². The number of fused-ring (bicyclic) bond motifs is 3. The van der Waals surface area contributed by atoms with Gasteiger partial charge in [-0.25, -0.2) is 9.97 Å². The van der Waals surface area contributed by atoms with Gasteiger partial charge in [-0.05, 0) is 79.7 Å². The predicted octanol–water partition coefficient (Wildman–Crippen LogP) is 3.57. The third kappa shape index (κ3) is 4.45. The van der Waals surface area contributed by atoms with Crippen LogP contribution >= 0.6 is 0 Å². The summed E-state index contributed by atoms with van der Waals surface area (Å²) in [6.45, 7) is 12.3. The molecule has 0 bridgehead atoms. The van der Waals surface area contributed by atoms with Gasteiger partial charge in [-0.15, -0.1) is 0 Å². The van der Waals surface area contributed by atoms with Crippen molar-refractivity contribution < 1.29 is 9.84 Å². The topological polar surface area (TPSA) is 130 Å². The van der Waals surface area contributed by atoms with Gasteiger partial charge in [0.2, 0.25) is 5.95 Å². The molecular weight excluding hydrogens is 506 g/mol. The molecule has 3 aromatic rings. The minimum Gasteiger partial charge on any atom is -0.384 e. The molecule has 2 saturated heterocycles. The Labute approximate surface area is 235 Å². The van der Waals surface area contributed by atoms with Gasteiger partial charge in [-0.1, -0.05) is 6.07 Å². The number of rotatable bonds is 5. The van der Waals surface area contributed by atoms with E-state index in [1.165, 1.54) is 0 Å². The standard InChI is InChI=1S/C29H41N9O2/c1-26(2)17-29(30)28(5,18-40-26)21-15-31-25(33-19-14-32-37(16-19)20-10-12-36(6)13-11-20)35-24(21)38(29)23-9-7-8-22(34-23)27(3,4)39/h7-9,14-16,20,39H,10-13,17-18,30H2,1-6H3,(H,31,33,35)/t28-,29-/m1/s1. The van der Waals surface area contributed by atoms with E-state index in [9.17, 15) is 5.11 Å². The molecule has 0 amide bonds. The zero-order valence-electron chi connectivity index (χ0n) is 24.3. The number of ether oxygens (including phenoxy) is 1. The molecule has 3 aromatic heterocycles. The van der Waals surface area contributed by atoms with Gasteiger partial charge >= 0.3 is 0 Å². The van der Waals surface area contributed by atoms with Gasteiger partial charge in [0.05, 0.1) is 41.2 Å². The predicted molar refractivity (Wildman–Crippen MR) is 154 cm³/mol. The molecule has 11 nitrogen and oxygen atoms in total. The second kappa shape index (κ2) is 9.20. The Morgan fingerprint density at radius 3 is 2.60 bits per heavy atom. The molecule has 11 heteroatoms. The monoisotopic (exact) mass is 547 g/mol. The summed E-state index contributed by atoms with van der Waals surface area (Å²) in [6.07, 6.45) is 8.41. The largest absolute Gasteiger partial charge is 0.384 e. The highest BCUT2D eigenvalue weighted by Gasteiger charge is 2.64. The van der Waals surface area contributed by atoms with E-state index in [0.717, 1.165) is 37.2 Å². The Hall–Kier alpha value is -3.12. The fraction of sp³-hybridized carbons (Fsp3) is 0.586. The lowest BCUT2D eigenvalue weighted by Crippen LogP contribution is -2.69. The van der Waals surface area contributed by atoms with Crippen molar-refractivity contribution in [3.63, 3.8) is 0 Å². The Bertz CT molecular complexity index is 1410. The van der Waals surface area contributed by atoms with Crippen molar-refractivity contribution in [1.29, 1.82) is 0 Å². The van der Waals surface area contributed by atoms with Gasteiger partial charge < -0.3 is 25.8 Å². The summed E-state index contributed by atoms with van der Waals surface area (Å²) in [5, 5.41) is 18.7. The molecule has 6 heterocycles. The number of nitrogens with one attached hydrogen (secondary N) is 1. The first-order valence-corrected chi connectivity index (χ1v) is 14.1. The van der Waals surface area contributed by atoms with Crippen LogP contribution in [0, 0.1) is 0 Å². The van der Waals surface area contributed by atoms with Crippen molar-refractivity contribution in [3.05, 3.63) is 48.0 Å². The fourth-order valence-corrected chi connectivity index (χ4v) is 6.37. The van der Waals surface area contributed by atoms with Crippen molar-refractivity contribution in [2.45, 2.75) is 82.2 Å². The van der Waals surface area contributed by atoms with Crippen LogP contribution in [0.25, 0.3) is 0 Å². The van der Waals surface area contributed by atoms with Gasteiger partial charge in [0.25, 0.3) is 0 Å². The quantitative estimate of drug-likeness (QED) is 0.436. The van der Waals surface area contributed by atoms with E-state index in [4.69, 9.17) is 25.4 Å². The minimum atomic E-state index is -1.11. The first kappa shape index (κ1) is 27.1. The van der Waals surface area contributed by atoms with Crippen LogP contribution in [0.5, 0.6) is 0 Å². The highest BCUT2D eigenvalue weighted by molar-refractivity contribution is 5.73. The van der Waals surface area contributed by atoms with Crippen molar-refractivity contribution in [2.24, 2.45) is 5.73 Å². The summed E-state index contributed by atoms with van der Waals surface area (Å²) in [5.41, 5.74) is 6.69. The number of nitrogens with two attached hydrogens (primary N) is 1. The number of aromatic nitrogens is 5. The molecule has 0 saturated carbocycles. The van der Waals surface area contributed by atoms with E-state index >= 15 is 0 Å². The Morgan fingerprint density at radius 1 is 1.12 bits per heavy atom. The lowest BCUT2D eigenvalue weighted by Gasteiger charge is -2.53. The maximum absolute atomic E-state index is 10.7. The molecule has 0 radical (unpaired) electrons. The molecule has 214 valence electrons. The number of nitrogens with zero attached hydrogens (tertiary/aromatic N) is 7. The van der Waals surface area contributed by atoms with Crippen molar-refractivity contribution in [3.8, 4) is 0 Å². The highest BCUT2D eigenvalue weighted by Crippen LogP contribution is 2.57. The van der Waals surface area contributed by atoms with E-state index in [-0.39, 0.29) is 0 Å². The van der Waals surface area contributed by atoms with Crippen molar-refractivity contribution in [1.82, 2.24) is 29.6 Å². The van der Waals surface area contributed by atoms with E-state index in [2.05, 4.69) is 43.1 Å². The Balaban J connectivity index is 1.38. The maximum Gasteiger partial charge on any atom is 0.229 e. The van der Waals surface area contributed by atoms with E-state index < -0.39 is 22.3 Å². The molecule has 2 atom stereocenters. The summed E-state index contributed by atoms with van der Waals surface area (Å²) < 4.78 is 8.35. The van der Waals surface area contributed by atoms with Gasteiger partial charge in [0, 0.05) is 24.4 Å². The third-order valence-corrected chi connectivity index (χ3v) is 8.89. The molecule has 3 aliphatic rings. The molecule has 4 N–H and O–H groups in total. The molecule has 0 aromatic carbocycles. The van der Waals surface area contributed by atoms with Crippen LogP contribution in [-0.4, -0.2) is 72.7 Å². The van der Waals surface area contributed by atoms with Crippen LogP contribution in [0.2, 0.25) is 0 Å². The molecule has 0 aliphatic carbocycles. The van der Waals surface area contributed by atoms with E-state index in [1.54, 1.807) is 13.8 Å². The lowest BCUT2D eigenvalue weighted by molar-refractivity contribution is -0.114. The number of piperidine rings is 1. The maximum atomic E-state index is 10.7. The number of pyridine rings is 1. The van der Waals surface area contributed by atoms with Crippen molar-refractivity contribution >= 4 is 23.3 Å². The first-order valence-electron chi connectivity index (χ1n) is 14.1. The van der Waals surface area contributed by atoms with E-state index in [1.807, 2.05) is 46.4 Å². The number of aliphatic hydroxyl groups is 1. The third-order valence-electron chi connectivity index (χ3n) is 8.89. The molecule has 6 rings (SSSR count). The normalized spacial score (nSPS) is 26.9. The summed E-state index contributed by atoms with van der Waals surface area (Å²) in [7, 11) is 2.16. The molecule has 40 heavy (non-hydrogen) atoms. The summed E-state index contributed by atoms with van der Waals surface area (Å²) >= 11 is 0. The van der Waals surface area contributed by atoms with E-state index in [0.29, 0.717) is 42.3 Å². The number of hydrogen-bond donors (Lipinski definition) is 3. The zero-order chi connectivity index (χ0) is 28.5. The second-order valence-corrected chi connectivity index (χ2v) is 13.1. The van der Waals surface area contributed by atoms with Crippen LogP contribution in [0.1, 0.15) is 71.2 Å². The van der Waals surface area contributed by atoms with Gasteiger partial charge in [-0.2, -0.15) is 10.1 Å². The van der Waals surface area contributed by atoms with Gasteiger partial charge in [0.15, 0.2) is 0 Å². The van der Waals surface area contributed by atoms with Crippen LogP contribution in [0.3, 0.4) is 0 Å². The van der Waals surface area contributed by atoms with Crippen LogP contribution in [-0.2, 0) is 15.8 Å². The van der Waals surface area contributed by atoms with Crippen LogP contribution in [0.15, 0.2) is 36.8 Å². The number of likely N-dealkylation sites (tertiary alicyclic amines) is 1. The van der Waals surface area contributed by atoms with Gasteiger partial charge in [-0.3, -0.25) is 9.58 Å². The van der Waals surface area contributed by atoms with Crippen molar-refractivity contribution in [2.75, 3.05) is 37.0 Å². The average molecular weight is 548 g/mol. The van der Waals surface area contributed by atoms with Crippen LogP contribution < -0.4 is 16.0 Å². The Morgan fingerprint density at radius 2 is 1.88 bits per heavy atom. The first-order chi connectivity index (χ1) is 18.8. The number of hydrogen-bond acceptors (Lipinski definition) is 10. The Kier molecular flexibility index (Phi) is 6.23. The molecular formula is C29H41N9O2. The summed E-state index contributed by atoms with van der Waals surface area (Å²) in [4.78, 5) is 19.0.